The van der Waals surface area contributed by atoms with Gasteiger partial charge in [0, 0.05) is 18.8 Å². The third-order valence-electron chi connectivity index (χ3n) is 4.44. The Labute approximate surface area is 145 Å². The summed E-state index contributed by atoms with van der Waals surface area (Å²) in [5, 5.41) is 6.85. The van der Waals surface area contributed by atoms with E-state index in [0.717, 1.165) is 17.4 Å². The van der Waals surface area contributed by atoms with Gasteiger partial charge in [0.25, 0.3) is 0 Å². The van der Waals surface area contributed by atoms with Crippen LogP contribution in [0.4, 0.5) is 5.69 Å². The first-order valence-corrected chi connectivity index (χ1v) is 8.38. The van der Waals surface area contributed by atoms with Gasteiger partial charge in [-0.2, -0.15) is 5.10 Å². The standard InChI is InChI=1S/C18H19N5O2/c1-12-8-15(12)16-5-3-14(25-16)4-7-18(24)22-13-2-6-17(20-9-13)23-11-19-10-21-23/h2-3,5-6,9-12,15H,4,7-8H2,1H3,(H,22,24)/t12-,15-/m1/s1. The number of pyridine rings is 1. The van der Waals surface area contributed by atoms with Crippen LogP contribution in [-0.2, 0) is 11.2 Å². The minimum atomic E-state index is -0.0620. The monoisotopic (exact) mass is 337 g/mol. The van der Waals surface area contributed by atoms with Gasteiger partial charge in [-0.05, 0) is 36.6 Å². The Morgan fingerprint density at radius 1 is 1.36 bits per heavy atom. The minimum Gasteiger partial charge on any atom is -0.466 e. The second kappa shape index (κ2) is 6.51. The predicted molar refractivity (Wildman–Crippen MR) is 91.3 cm³/mol. The average Bonchev–Trinajstić information content (AvgIpc) is 3.06. The van der Waals surface area contributed by atoms with Gasteiger partial charge in [-0.25, -0.2) is 14.6 Å². The first kappa shape index (κ1) is 15.6. The first-order chi connectivity index (χ1) is 12.2. The summed E-state index contributed by atoms with van der Waals surface area (Å²) in [6.07, 6.45) is 6.79. The van der Waals surface area contributed by atoms with Gasteiger partial charge in [-0.1, -0.05) is 6.92 Å². The van der Waals surface area contributed by atoms with Crippen LogP contribution < -0.4 is 5.32 Å². The number of nitrogens with zero attached hydrogens (tertiary/aromatic N) is 4. The Morgan fingerprint density at radius 2 is 2.24 bits per heavy atom. The van der Waals surface area contributed by atoms with Crippen LogP contribution in [-0.4, -0.2) is 25.7 Å². The molecule has 1 N–H and O–H groups in total. The Bertz CT molecular complexity index is 854. The molecule has 1 fully saturated rings. The van der Waals surface area contributed by atoms with E-state index in [9.17, 15) is 4.79 Å². The van der Waals surface area contributed by atoms with E-state index in [1.807, 2.05) is 12.1 Å². The lowest BCUT2D eigenvalue weighted by Gasteiger charge is -2.05. The third kappa shape index (κ3) is 3.60. The number of aromatic nitrogens is 4. The smallest absolute Gasteiger partial charge is 0.224 e. The number of amides is 1. The van der Waals surface area contributed by atoms with Gasteiger partial charge in [0.1, 0.15) is 24.2 Å². The molecule has 0 spiro atoms. The number of rotatable bonds is 6. The summed E-state index contributed by atoms with van der Waals surface area (Å²) in [4.78, 5) is 20.2. The molecule has 3 aromatic rings. The summed E-state index contributed by atoms with van der Waals surface area (Å²) in [5.41, 5.74) is 0.654. The molecule has 128 valence electrons. The van der Waals surface area contributed by atoms with Crippen molar-refractivity contribution in [1.29, 1.82) is 0 Å². The summed E-state index contributed by atoms with van der Waals surface area (Å²) in [6, 6.07) is 7.58. The maximum atomic E-state index is 12.1. The van der Waals surface area contributed by atoms with Crippen LogP contribution in [0, 0.1) is 5.92 Å². The second-order valence-electron chi connectivity index (χ2n) is 6.42. The quantitative estimate of drug-likeness (QED) is 0.747. The number of carbonyl (C=O) groups excluding carboxylic acids is 1. The van der Waals surface area contributed by atoms with Crippen molar-refractivity contribution < 1.29 is 9.21 Å². The van der Waals surface area contributed by atoms with E-state index in [-0.39, 0.29) is 5.91 Å². The SMILES string of the molecule is C[C@@H]1C[C@H]1c1ccc(CCC(=O)Nc2ccc(-n3cncn3)nc2)o1. The molecule has 1 aliphatic rings. The van der Waals surface area contributed by atoms with Crippen LogP contribution in [0.25, 0.3) is 5.82 Å². The highest BCUT2D eigenvalue weighted by Gasteiger charge is 2.36. The molecule has 4 rings (SSSR count). The van der Waals surface area contributed by atoms with Crippen LogP contribution in [0.2, 0.25) is 0 Å². The molecule has 0 unspecified atom stereocenters. The minimum absolute atomic E-state index is 0.0620. The van der Waals surface area contributed by atoms with E-state index < -0.39 is 0 Å². The van der Waals surface area contributed by atoms with Gasteiger partial charge in [0.15, 0.2) is 5.82 Å². The van der Waals surface area contributed by atoms with E-state index in [1.54, 1.807) is 29.3 Å². The number of hydrogen-bond donors (Lipinski definition) is 1. The second-order valence-corrected chi connectivity index (χ2v) is 6.42. The molecule has 1 aliphatic carbocycles. The van der Waals surface area contributed by atoms with Crippen LogP contribution in [0.5, 0.6) is 0 Å². The number of nitrogens with one attached hydrogen (secondary N) is 1. The maximum Gasteiger partial charge on any atom is 0.224 e. The summed E-state index contributed by atoms with van der Waals surface area (Å²) in [5.74, 6) is 3.79. The Kier molecular flexibility index (Phi) is 4.05. The lowest BCUT2D eigenvalue weighted by Crippen LogP contribution is -2.12. The summed E-state index contributed by atoms with van der Waals surface area (Å²) in [6.45, 7) is 2.22. The molecule has 0 saturated heterocycles. The molecule has 7 heteroatoms. The van der Waals surface area contributed by atoms with E-state index in [4.69, 9.17) is 4.42 Å². The lowest BCUT2D eigenvalue weighted by atomic mass is 10.2. The van der Waals surface area contributed by atoms with E-state index in [1.165, 1.54) is 12.7 Å². The molecule has 25 heavy (non-hydrogen) atoms. The molecule has 0 aromatic carbocycles. The molecule has 3 aromatic heterocycles. The Balaban J connectivity index is 1.29. The van der Waals surface area contributed by atoms with Crippen molar-refractivity contribution in [3.8, 4) is 5.82 Å². The van der Waals surface area contributed by atoms with Gasteiger partial charge in [-0.15, -0.1) is 0 Å². The zero-order chi connectivity index (χ0) is 17.2. The van der Waals surface area contributed by atoms with Crippen LogP contribution in [0.15, 0.2) is 47.5 Å². The number of carbonyl (C=O) groups is 1. The first-order valence-electron chi connectivity index (χ1n) is 8.38. The van der Waals surface area contributed by atoms with Gasteiger partial charge in [0.2, 0.25) is 5.91 Å². The van der Waals surface area contributed by atoms with Gasteiger partial charge < -0.3 is 9.73 Å². The van der Waals surface area contributed by atoms with Crippen molar-refractivity contribution in [2.45, 2.75) is 32.1 Å². The third-order valence-corrected chi connectivity index (χ3v) is 4.44. The van der Waals surface area contributed by atoms with Gasteiger partial charge in [0.05, 0.1) is 11.9 Å². The number of anilines is 1. The highest BCUT2D eigenvalue weighted by Crippen LogP contribution is 2.47. The molecule has 3 heterocycles. The molecule has 2 atom stereocenters. The number of aryl methyl sites for hydroxylation is 1. The lowest BCUT2D eigenvalue weighted by molar-refractivity contribution is -0.116. The molecule has 0 aliphatic heterocycles. The topological polar surface area (TPSA) is 85.8 Å². The normalized spacial score (nSPS) is 18.9. The van der Waals surface area contributed by atoms with E-state index in [2.05, 4.69) is 27.3 Å². The van der Waals surface area contributed by atoms with Crippen molar-refractivity contribution in [2.24, 2.45) is 5.92 Å². The van der Waals surface area contributed by atoms with Crippen molar-refractivity contribution in [3.05, 3.63) is 54.6 Å². The van der Waals surface area contributed by atoms with Gasteiger partial charge in [-0.3, -0.25) is 4.79 Å². The highest BCUT2D eigenvalue weighted by molar-refractivity contribution is 5.90. The predicted octanol–water partition coefficient (Wildman–Crippen LogP) is 2.95. The zero-order valence-electron chi connectivity index (χ0n) is 13.9. The Hall–Kier alpha value is -2.96. The largest absolute Gasteiger partial charge is 0.466 e. The molecular formula is C18H19N5O2. The Morgan fingerprint density at radius 3 is 2.92 bits per heavy atom. The summed E-state index contributed by atoms with van der Waals surface area (Å²) < 4.78 is 7.38. The summed E-state index contributed by atoms with van der Waals surface area (Å²) in [7, 11) is 0. The number of furan rings is 1. The molecular weight excluding hydrogens is 318 g/mol. The molecule has 0 bridgehead atoms. The molecule has 1 saturated carbocycles. The van der Waals surface area contributed by atoms with E-state index >= 15 is 0 Å². The zero-order valence-corrected chi connectivity index (χ0v) is 13.9. The molecule has 0 radical (unpaired) electrons. The maximum absolute atomic E-state index is 12.1. The fraction of sp³-hybridized carbons (Fsp3) is 0.333. The fourth-order valence-corrected chi connectivity index (χ4v) is 2.83. The van der Waals surface area contributed by atoms with Crippen molar-refractivity contribution in [1.82, 2.24) is 19.7 Å². The fourth-order valence-electron chi connectivity index (χ4n) is 2.83. The van der Waals surface area contributed by atoms with Crippen LogP contribution in [0.3, 0.4) is 0 Å². The molecule has 7 nitrogen and oxygen atoms in total. The number of hydrogen-bond acceptors (Lipinski definition) is 5. The average molecular weight is 337 g/mol. The van der Waals surface area contributed by atoms with Gasteiger partial charge >= 0.3 is 0 Å². The van der Waals surface area contributed by atoms with Crippen molar-refractivity contribution in [3.63, 3.8) is 0 Å². The summed E-state index contributed by atoms with van der Waals surface area (Å²) >= 11 is 0. The molecule has 1 amide bonds. The van der Waals surface area contributed by atoms with Crippen molar-refractivity contribution in [2.75, 3.05) is 5.32 Å². The highest BCUT2D eigenvalue weighted by atomic mass is 16.3. The van der Waals surface area contributed by atoms with E-state index in [0.29, 0.717) is 30.3 Å². The van der Waals surface area contributed by atoms with Crippen LogP contribution in [0.1, 0.15) is 37.2 Å². The van der Waals surface area contributed by atoms with Crippen molar-refractivity contribution >= 4 is 11.6 Å². The van der Waals surface area contributed by atoms with Crippen LogP contribution >= 0.6 is 0 Å².